The third-order valence-corrected chi connectivity index (χ3v) is 5.82. The van der Waals surface area contributed by atoms with Crippen molar-refractivity contribution < 1.29 is 4.79 Å². The fourth-order valence-electron chi connectivity index (χ4n) is 4.61. The smallest absolute Gasteiger partial charge is 0.226 e. The van der Waals surface area contributed by atoms with E-state index >= 15 is 0 Å². The van der Waals surface area contributed by atoms with Crippen LogP contribution in [0.5, 0.6) is 0 Å². The maximum Gasteiger partial charge on any atom is 0.226 e. The number of hydrogen-bond donors (Lipinski definition) is 1. The lowest BCUT2D eigenvalue weighted by Crippen LogP contribution is -2.35. The fourth-order valence-corrected chi connectivity index (χ4v) is 4.61. The lowest BCUT2D eigenvalue weighted by molar-refractivity contribution is -0.121. The summed E-state index contributed by atoms with van der Waals surface area (Å²) in [5.41, 5.74) is 3.00. The molecule has 2 aromatic rings. The summed E-state index contributed by atoms with van der Waals surface area (Å²) < 4.78 is 0. The van der Waals surface area contributed by atoms with Gasteiger partial charge in [-0.3, -0.25) is 9.78 Å². The van der Waals surface area contributed by atoms with Crippen molar-refractivity contribution in [2.24, 2.45) is 5.41 Å². The van der Waals surface area contributed by atoms with Crippen molar-refractivity contribution in [1.82, 2.24) is 15.3 Å². The molecule has 2 aliphatic rings. The Balaban J connectivity index is 1.36. The number of fused-ring (bicyclic) bond motifs is 1. The first kappa shape index (κ1) is 15.6. The van der Waals surface area contributed by atoms with Crippen LogP contribution in [0.2, 0.25) is 0 Å². The topological polar surface area (TPSA) is 54.9 Å². The number of rotatable bonds is 3. The summed E-state index contributed by atoms with van der Waals surface area (Å²) in [6, 6.07) is 8.12. The zero-order chi connectivity index (χ0) is 16.4. The van der Waals surface area contributed by atoms with Gasteiger partial charge in [-0.25, -0.2) is 4.98 Å². The van der Waals surface area contributed by atoms with Crippen LogP contribution in [0.3, 0.4) is 0 Å². The van der Waals surface area contributed by atoms with E-state index in [2.05, 4.69) is 15.3 Å². The molecule has 4 nitrogen and oxygen atoms in total. The summed E-state index contributed by atoms with van der Waals surface area (Å²) in [4.78, 5) is 21.3. The molecule has 2 fully saturated rings. The Morgan fingerprint density at radius 3 is 2.75 bits per heavy atom. The van der Waals surface area contributed by atoms with Crippen molar-refractivity contribution in [3.8, 4) is 0 Å². The Bertz CT molecular complexity index is 736. The second kappa shape index (κ2) is 6.50. The zero-order valence-corrected chi connectivity index (χ0v) is 14.1. The quantitative estimate of drug-likeness (QED) is 0.935. The van der Waals surface area contributed by atoms with Gasteiger partial charge in [0, 0.05) is 12.2 Å². The van der Waals surface area contributed by atoms with E-state index in [1.165, 1.54) is 44.9 Å². The zero-order valence-electron chi connectivity index (χ0n) is 14.1. The first-order chi connectivity index (χ1) is 11.7. The first-order valence-corrected chi connectivity index (χ1v) is 9.23. The average molecular weight is 323 g/mol. The summed E-state index contributed by atoms with van der Waals surface area (Å²) in [7, 11) is 0. The van der Waals surface area contributed by atoms with Crippen molar-refractivity contribution >= 4 is 16.9 Å². The normalized spacial score (nSPS) is 22.8. The van der Waals surface area contributed by atoms with Crippen LogP contribution in [0.4, 0.5) is 0 Å². The number of carbonyl (C=O) groups is 1. The van der Waals surface area contributed by atoms with Gasteiger partial charge in [0.1, 0.15) is 0 Å². The second-order valence-corrected chi connectivity index (χ2v) is 7.59. The highest BCUT2D eigenvalue weighted by Gasteiger charge is 2.39. The molecule has 1 N–H and O–H groups in total. The molecule has 126 valence electrons. The summed E-state index contributed by atoms with van der Waals surface area (Å²) in [5.74, 6) is 0.0810. The van der Waals surface area contributed by atoms with Crippen molar-refractivity contribution in [1.29, 1.82) is 0 Å². The maximum absolute atomic E-state index is 12.4. The highest BCUT2D eigenvalue weighted by Crippen LogP contribution is 2.48. The Morgan fingerprint density at radius 1 is 1.12 bits per heavy atom. The molecule has 2 aliphatic carbocycles. The van der Waals surface area contributed by atoms with Crippen molar-refractivity contribution in [2.45, 2.75) is 63.8 Å². The summed E-state index contributed by atoms with van der Waals surface area (Å²) in [6.45, 7) is 0. The van der Waals surface area contributed by atoms with E-state index in [0.29, 0.717) is 17.9 Å². The lowest BCUT2D eigenvalue weighted by atomic mass is 9.73. The van der Waals surface area contributed by atoms with Crippen molar-refractivity contribution in [3.63, 3.8) is 0 Å². The van der Waals surface area contributed by atoms with Gasteiger partial charge in [-0.15, -0.1) is 0 Å². The third-order valence-electron chi connectivity index (χ3n) is 5.82. The summed E-state index contributed by atoms with van der Waals surface area (Å²) in [6.07, 6.45) is 12.5. The maximum atomic E-state index is 12.4. The van der Waals surface area contributed by atoms with Gasteiger partial charge in [0.25, 0.3) is 0 Å². The fraction of sp³-hybridized carbons (Fsp3) is 0.550. The molecule has 24 heavy (non-hydrogen) atoms. The van der Waals surface area contributed by atoms with E-state index in [9.17, 15) is 4.79 Å². The van der Waals surface area contributed by atoms with E-state index in [4.69, 9.17) is 0 Å². The first-order valence-electron chi connectivity index (χ1n) is 9.23. The van der Waals surface area contributed by atoms with Gasteiger partial charge in [-0.05, 0) is 49.7 Å². The molecule has 1 atom stereocenters. The van der Waals surface area contributed by atoms with Crippen LogP contribution < -0.4 is 5.32 Å². The summed E-state index contributed by atoms with van der Waals surface area (Å²) in [5, 5.41) is 3.24. The molecule has 1 heterocycles. The molecule has 0 saturated heterocycles. The van der Waals surface area contributed by atoms with Crippen LogP contribution in [0.15, 0.2) is 30.5 Å². The molecule has 4 rings (SSSR count). The minimum Gasteiger partial charge on any atom is -0.353 e. The van der Waals surface area contributed by atoms with Crippen LogP contribution in [0, 0.1) is 5.41 Å². The average Bonchev–Trinajstić information content (AvgIpc) is 2.97. The van der Waals surface area contributed by atoms with Crippen LogP contribution in [-0.4, -0.2) is 21.9 Å². The molecule has 1 spiro atoms. The SMILES string of the molecule is O=C(Cc1cnc2ccccc2n1)NC1CCC2(CCCCC2)C1. The van der Waals surface area contributed by atoms with Crippen LogP contribution in [0.25, 0.3) is 11.0 Å². The largest absolute Gasteiger partial charge is 0.353 e. The minimum absolute atomic E-state index is 0.0810. The van der Waals surface area contributed by atoms with Crippen LogP contribution in [0.1, 0.15) is 57.1 Å². The number of amides is 1. The van der Waals surface area contributed by atoms with E-state index < -0.39 is 0 Å². The molecule has 1 unspecified atom stereocenters. The van der Waals surface area contributed by atoms with E-state index in [1.54, 1.807) is 6.20 Å². The number of aromatic nitrogens is 2. The van der Waals surface area contributed by atoms with Gasteiger partial charge in [0.15, 0.2) is 0 Å². The van der Waals surface area contributed by atoms with Crippen molar-refractivity contribution in [2.75, 3.05) is 0 Å². The van der Waals surface area contributed by atoms with Gasteiger partial charge >= 0.3 is 0 Å². The predicted octanol–water partition coefficient (Wildman–Crippen LogP) is 3.79. The predicted molar refractivity (Wildman–Crippen MR) is 94.5 cm³/mol. The van der Waals surface area contributed by atoms with Crippen LogP contribution >= 0.6 is 0 Å². The Labute approximate surface area is 143 Å². The number of para-hydroxylation sites is 2. The molecule has 0 radical (unpaired) electrons. The van der Waals surface area contributed by atoms with Crippen molar-refractivity contribution in [3.05, 3.63) is 36.2 Å². The number of carbonyl (C=O) groups excluding carboxylic acids is 1. The number of hydrogen-bond acceptors (Lipinski definition) is 3. The number of benzene rings is 1. The van der Waals surface area contributed by atoms with Gasteiger partial charge in [0.2, 0.25) is 5.91 Å². The Kier molecular flexibility index (Phi) is 4.21. The number of nitrogens with zero attached hydrogens (tertiary/aromatic N) is 2. The van der Waals surface area contributed by atoms with E-state index in [1.807, 2.05) is 24.3 Å². The highest BCUT2D eigenvalue weighted by molar-refractivity contribution is 5.79. The lowest BCUT2D eigenvalue weighted by Gasteiger charge is -2.33. The monoisotopic (exact) mass is 323 g/mol. The molecule has 2 saturated carbocycles. The molecule has 4 heteroatoms. The van der Waals surface area contributed by atoms with Gasteiger partial charge < -0.3 is 5.32 Å². The minimum atomic E-state index is 0.0810. The van der Waals surface area contributed by atoms with Gasteiger partial charge in [0.05, 0.1) is 23.1 Å². The Morgan fingerprint density at radius 2 is 1.92 bits per heavy atom. The summed E-state index contributed by atoms with van der Waals surface area (Å²) >= 11 is 0. The number of nitrogens with one attached hydrogen (secondary N) is 1. The van der Waals surface area contributed by atoms with E-state index in [0.717, 1.165) is 23.1 Å². The van der Waals surface area contributed by atoms with Gasteiger partial charge in [-0.2, -0.15) is 0 Å². The molecular formula is C20H25N3O. The standard InChI is InChI=1S/C20H25N3O/c24-19(12-16-14-21-17-6-2-3-7-18(17)22-16)23-15-8-11-20(13-15)9-4-1-5-10-20/h2-3,6-7,14-15H,1,4-5,8-13H2,(H,23,24). The third kappa shape index (κ3) is 3.28. The molecule has 0 bridgehead atoms. The molecule has 0 aliphatic heterocycles. The van der Waals surface area contributed by atoms with Crippen LogP contribution in [-0.2, 0) is 11.2 Å². The molecular weight excluding hydrogens is 298 g/mol. The molecule has 1 amide bonds. The van der Waals surface area contributed by atoms with Gasteiger partial charge in [-0.1, -0.05) is 31.4 Å². The Hall–Kier alpha value is -1.97. The molecule has 1 aromatic heterocycles. The highest BCUT2D eigenvalue weighted by atomic mass is 16.1. The second-order valence-electron chi connectivity index (χ2n) is 7.59. The van der Waals surface area contributed by atoms with E-state index in [-0.39, 0.29) is 5.91 Å². The molecule has 1 aromatic carbocycles.